The minimum absolute atomic E-state index is 0.0156. The van der Waals surface area contributed by atoms with Crippen LogP contribution in [0.15, 0.2) is 145 Å². The van der Waals surface area contributed by atoms with E-state index in [1.807, 2.05) is 95.7 Å². The van der Waals surface area contributed by atoms with Gasteiger partial charge < -0.3 is 28.6 Å². The molecule has 4 atom stereocenters. The first-order valence-electron chi connectivity index (χ1n) is 20.5. The normalized spacial score (nSPS) is 20.8. The molecule has 15 heteroatoms. The Labute approximate surface area is 364 Å². The number of rotatable bonds is 11. The molecule has 0 radical (unpaired) electrons. The van der Waals surface area contributed by atoms with E-state index in [9.17, 15) is 19.2 Å². The number of methoxy groups -OCH3 is 3. The smallest absolute Gasteiger partial charge is 0.412 e. The molecular weight excluding hydrogens is 823 g/mol. The van der Waals surface area contributed by atoms with Crippen molar-refractivity contribution in [2.75, 3.05) is 32.2 Å². The van der Waals surface area contributed by atoms with Crippen molar-refractivity contribution in [3.63, 3.8) is 0 Å². The molecule has 1 aromatic heterocycles. The van der Waals surface area contributed by atoms with Gasteiger partial charge in [0.05, 0.1) is 31.9 Å². The van der Waals surface area contributed by atoms with Crippen LogP contribution >= 0.6 is 0 Å². The number of carbonyl (C=O) groups is 4. The number of piperazine rings is 1. The van der Waals surface area contributed by atoms with Crippen LogP contribution in [-0.2, 0) is 58.9 Å². The molecule has 3 aliphatic heterocycles. The van der Waals surface area contributed by atoms with Gasteiger partial charge in [0.2, 0.25) is 11.8 Å². The molecule has 1 unspecified atom stereocenters. The maximum atomic E-state index is 15.0. The average molecular weight is 868 g/mol. The van der Waals surface area contributed by atoms with Gasteiger partial charge in [0.15, 0.2) is 6.17 Å². The Balaban J connectivity index is 1.22. The third-order valence-electron chi connectivity index (χ3n) is 12.5. The summed E-state index contributed by atoms with van der Waals surface area (Å²) in [5, 5.41) is 0.741. The number of amides is 3. The minimum atomic E-state index is -4.42. The van der Waals surface area contributed by atoms with Crippen molar-refractivity contribution in [1.29, 1.82) is 0 Å². The van der Waals surface area contributed by atoms with Crippen LogP contribution < -0.4 is 9.04 Å². The van der Waals surface area contributed by atoms with Gasteiger partial charge in [-0.2, -0.15) is 0 Å². The molecule has 9 rings (SSSR count). The second kappa shape index (κ2) is 16.3. The Morgan fingerprint density at radius 3 is 2.10 bits per heavy atom. The van der Waals surface area contributed by atoms with Crippen LogP contribution in [0.5, 0.6) is 5.75 Å². The number of ether oxygens (including phenoxy) is 3. The van der Waals surface area contributed by atoms with E-state index in [1.54, 1.807) is 53.3 Å². The van der Waals surface area contributed by atoms with Gasteiger partial charge in [0, 0.05) is 48.6 Å². The van der Waals surface area contributed by atoms with Crippen LogP contribution in [0.3, 0.4) is 0 Å². The van der Waals surface area contributed by atoms with Crippen LogP contribution in [0.2, 0.25) is 0 Å². The van der Waals surface area contributed by atoms with Crippen LogP contribution in [0.25, 0.3) is 10.9 Å². The third-order valence-corrected chi connectivity index (χ3v) is 14.3. The van der Waals surface area contributed by atoms with E-state index in [0.29, 0.717) is 28.1 Å². The third kappa shape index (κ3) is 6.83. The number of anilines is 1. The van der Waals surface area contributed by atoms with Gasteiger partial charge in [0.25, 0.3) is 10.0 Å². The zero-order valence-corrected chi connectivity index (χ0v) is 35.7. The summed E-state index contributed by atoms with van der Waals surface area (Å²) in [4.78, 5) is 61.4. The molecule has 0 N–H and O–H groups in total. The maximum Gasteiger partial charge on any atom is 0.412 e. The van der Waals surface area contributed by atoms with Gasteiger partial charge in [0.1, 0.15) is 29.9 Å². The number of hydrogen-bond donors (Lipinski definition) is 0. The molecule has 3 aliphatic rings. The van der Waals surface area contributed by atoms with Crippen LogP contribution in [0, 0.1) is 0 Å². The molecule has 63 heavy (non-hydrogen) atoms. The van der Waals surface area contributed by atoms with E-state index in [1.165, 1.54) is 35.6 Å². The highest BCUT2D eigenvalue weighted by Gasteiger charge is 2.68. The summed E-state index contributed by atoms with van der Waals surface area (Å²) in [6.07, 6.45) is -0.406. The lowest BCUT2D eigenvalue weighted by atomic mass is 9.86. The lowest BCUT2D eigenvalue weighted by molar-refractivity contribution is -0.157. The molecule has 5 aromatic carbocycles. The molecule has 3 amide bonds. The number of para-hydroxylation sites is 2. The Hall–Kier alpha value is -7.13. The van der Waals surface area contributed by atoms with Gasteiger partial charge in [-0.15, -0.1) is 0 Å². The Morgan fingerprint density at radius 2 is 1.40 bits per heavy atom. The second-order valence-electron chi connectivity index (χ2n) is 15.9. The van der Waals surface area contributed by atoms with Crippen LogP contribution in [0.1, 0.15) is 28.7 Å². The SMILES string of the molecule is COC(=O)[C@@H]1C[C@]2(n3cc(CC4C(=O)N(Cc5ccc(OC)cc5)CC(=O)N4Cc4ccccc4)c4ccccc43)c3ccccc3N(S(=O)(=O)c3ccccc3)[C@@H]2N1C(=O)OC. The number of fused-ring (bicyclic) bond motifs is 4. The van der Waals surface area contributed by atoms with Crippen molar-refractivity contribution < 1.29 is 41.8 Å². The summed E-state index contributed by atoms with van der Waals surface area (Å²) in [5.74, 6) is -0.522. The predicted octanol–water partition coefficient (Wildman–Crippen LogP) is 5.92. The van der Waals surface area contributed by atoms with Crippen molar-refractivity contribution in [2.45, 2.75) is 54.6 Å². The molecule has 2 fully saturated rings. The van der Waals surface area contributed by atoms with E-state index in [0.717, 1.165) is 16.5 Å². The highest BCUT2D eigenvalue weighted by Crippen LogP contribution is 2.58. The number of sulfonamides is 1. The second-order valence-corrected chi connectivity index (χ2v) is 17.7. The van der Waals surface area contributed by atoms with Gasteiger partial charge >= 0.3 is 12.1 Å². The van der Waals surface area contributed by atoms with E-state index >= 15 is 8.42 Å². The predicted molar refractivity (Wildman–Crippen MR) is 233 cm³/mol. The monoisotopic (exact) mass is 867 g/mol. The van der Waals surface area contributed by atoms with Gasteiger partial charge in [-0.25, -0.2) is 22.3 Å². The molecule has 322 valence electrons. The summed E-state index contributed by atoms with van der Waals surface area (Å²) >= 11 is 0. The van der Waals surface area contributed by atoms with Gasteiger partial charge in [-0.3, -0.25) is 14.5 Å². The summed E-state index contributed by atoms with van der Waals surface area (Å²) in [7, 11) is -0.442. The van der Waals surface area contributed by atoms with Crippen molar-refractivity contribution in [3.05, 3.63) is 162 Å². The van der Waals surface area contributed by atoms with E-state index in [-0.39, 0.29) is 49.2 Å². The topological polar surface area (TPSA) is 148 Å². The molecule has 6 aromatic rings. The minimum Gasteiger partial charge on any atom is -0.497 e. The van der Waals surface area contributed by atoms with Crippen molar-refractivity contribution >= 4 is 50.5 Å². The Morgan fingerprint density at radius 1 is 0.746 bits per heavy atom. The maximum absolute atomic E-state index is 15.0. The molecule has 0 saturated carbocycles. The van der Waals surface area contributed by atoms with E-state index < -0.39 is 45.9 Å². The fourth-order valence-corrected chi connectivity index (χ4v) is 11.4. The summed E-state index contributed by atoms with van der Waals surface area (Å²) < 4.78 is 49.2. The lowest BCUT2D eigenvalue weighted by Gasteiger charge is -2.40. The molecule has 0 aliphatic carbocycles. The first-order valence-corrected chi connectivity index (χ1v) is 21.9. The number of nitrogens with zero attached hydrogens (tertiary/aromatic N) is 5. The van der Waals surface area contributed by atoms with Crippen molar-refractivity contribution in [3.8, 4) is 5.75 Å². The van der Waals surface area contributed by atoms with Gasteiger partial charge in [-0.1, -0.05) is 97.1 Å². The molecule has 14 nitrogen and oxygen atoms in total. The lowest BCUT2D eigenvalue weighted by Crippen LogP contribution is -2.59. The summed E-state index contributed by atoms with van der Waals surface area (Å²) in [6.45, 7) is 0.296. The zero-order valence-electron chi connectivity index (χ0n) is 34.9. The van der Waals surface area contributed by atoms with Crippen molar-refractivity contribution in [2.24, 2.45) is 0 Å². The number of aromatic nitrogens is 1. The molecule has 2 saturated heterocycles. The first-order chi connectivity index (χ1) is 30.5. The van der Waals surface area contributed by atoms with Gasteiger partial charge in [-0.05, 0) is 53.1 Å². The summed E-state index contributed by atoms with van der Waals surface area (Å²) in [6, 6.07) is 37.2. The molecule has 0 bridgehead atoms. The standard InChI is InChI=1S/C48H45N5O9S/c1-60-35-24-22-33(23-25-35)28-49-31-43(54)50(29-32-14-6-4-7-15-32)41(44(49)55)26-34-30-51(39-20-12-10-18-37(34)39)48-27-42(45(56)61-2)52(47(57)62-3)46(48)53(40-21-13-11-19-38(40)48)63(58,59)36-16-8-5-9-17-36/h4-25,30,41-42,46H,26-29,31H2,1-3H3/t41?,42-,46-,48-/m0/s1. The fraction of sp³-hybridized carbons (Fsp3) is 0.250. The zero-order chi connectivity index (χ0) is 44.0. The average Bonchev–Trinajstić information content (AvgIpc) is 3.95. The number of hydrogen-bond acceptors (Lipinski definition) is 9. The highest BCUT2D eigenvalue weighted by atomic mass is 32.2. The first kappa shape index (κ1) is 41.2. The number of benzene rings is 5. The van der Waals surface area contributed by atoms with E-state index in [2.05, 4.69) is 0 Å². The van der Waals surface area contributed by atoms with Crippen molar-refractivity contribution in [1.82, 2.24) is 19.3 Å². The Bertz CT molecular complexity index is 2840. The molecule has 0 spiro atoms. The number of likely N-dealkylation sites (tertiary alicyclic amines) is 1. The van der Waals surface area contributed by atoms with Crippen LogP contribution in [0.4, 0.5) is 10.5 Å². The number of carbonyl (C=O) groups excluding carboxylic acids is 4. The largest absolute Gasteiger partial charge is 0.497 e. The molecular formula is C48H45N5O9S. The van der Waals surface area contributed by atoms with Crippen LogP contribution in [-0.4, -0.2) is 97.7 Å². The quantitative estimate of drug-likeness (QED) is 0.145. The fourth-order valence-electron chi connectivity index (χ4n) is 9.67. The number of esters is 1. The molecule has 4 heterocycles. The Kier molecular flexibility index (Phi) is 10.7. The highest BCUT2D eigenvalue weighted by molar-refractivity contribution is 7.92. The summed E-state index contributed by atoms with van der Waals surface area (Å²) in [5.41, 5.74) is 2.46. The van der Waals surface area contributed by atoms with E-state index in [4.69, 9.17) is 14.2 Å².